The van der Waals surface area contributed by atoms with Crippen LogP contribution in [0.2, 0.25) is 0 Å². The summed E-state index contributed by atoms with van der Waals surface area (Å²) in [6.45, 7) is 1.43. The lowest BCUT2D eigenvalue weighted by atomic mass is 9.69. The topological polar surface area (TPSA) is 65.0 Å². The Morgan fingerprint density at radius 2 is 1.88 bits per heavy atom. The Balaban J connectivity index is 1.86. The Morgan fingerprint density at radius 1 is 1.17 bits per heavy atom. The molecule has 1 N–H and O–H groups in total. The maximum Gasteiger partial charge on any atom is 0.314 e. The Labute approximate surface area is 142 Å². The molecule has 1 aliphatic carbocycles. The lowest BCUT2D eigenvalue weighted by molar-refractivity contribution is -0.145. The van der Waals surface area contributed by atoms with Gasteiger partial charge in [0.15, 0.2) is 11.5 Å². The molecule has 2 fully saturated rings. The summed E-state index contributed by atoms with van der Waals surface area (Å²) in [7, 11) is 1.60. The van der Waals surface area contributed by atoms with Crippen LogP contribution in [-0.4, -0.2) is 37.5 Å². The molecule has 2 aliphatic rings. The second kappa shape index (κ2) is 7.43. The summed E-state index contributed by atoms with van der Waals surface area (Å²) in [6.07, 6.45) is 6.24. The van der Waals surface area contributed by atoms with Gasteiger partial charge in [0.2, 0.25) is 0 Å². The second-order valence-electron chi connectivity index (χ2n) is 6.74. The molecule has 0 radical (unpaired) electrons. The van der Waals surface area contributed by atoms with Crippen molar-refractivity contribution in [2.24, 2.45) is 0 Å². The number of rotatable bonds is 5. The molecule has 0 spiro atoms. The number of methoxy groups -OCH3 is 1. The molecule has 24 heavy (non-hydrogen) atoms. The van der Waals surface area contributed by atoms with Crippen LogP contribution in [0.25, 0.3) is 0 Å². The van der Waals surface area contributed by atoms with Gasteiger partial charge in [0.1, 0.15) is 6.10 Å². The van der Waals surface area contributed by atoms with Crippen LogP contribution < -0.4 is 9.47 Å². The van der Waals surface area contributed by atoms with Crippen molar-refractivity contribution in [3.8, 4) is 11.5 Å². The van der Waals surface area contributed by atoms with Gasteiger partial charge in [0.05, 0.1) is 25.7 Å². The largest absolute Gasteiger partial charge is 0.493 e. The molecule has 0 amide bonds. The van der Waals surface area contributed by atoms with Gasteiger partial charge in [-0.25, -0.2) is 0 Å². The normalized spacial score (nSPS) is 21.2. The summed E-state index contributed by atoms with van der Waals surface area (Å²) >= 11 is 0. The van der Waals surface area contributed by atoms with E-state index in [2.05, 4.69) is 0 Å². The molecular weight excluding hydrogens is 308 g/mol. The SMILES string of the molecule is COc1cc(C2(C(=O)O)CCCCC2)ccc1OC1CCOCC1. The highest BCUT2D eigenvalue weighted by atomic mass is 16.5. The van der Waals surface area contributed by atoms with Gasteiger partial charge in [-0.05, 0) is 30.5 Å². The maximum absolute atomic E-state index is 12.0. The van der Waals surface area contributed by atoms with E-state index in [1.54, 1.807) is 7.11 Å². The Morgan fingerprint density at radius 3 is 2.50 bits per heavy atom. The number of carbonyl (C=O) groups is 1. The third-order valence-corrected chi connectivity index (χ3v) is 5.29. The molecule has 3 rings (SSSR count). The fourth-order valence-corrected chi connectivity index (χ4v) is 3.82. The van der Waals surface area contributed by atoms with Crippen molar-refractivity contribution in [3.05, 3.63) is 23.8 Å². The number of aliphatic carboxylic acids is 1. The molecule has 5 nitrogen and oxygen atoms in total. The van der Waals surface area contributed by atoms with Crippen LogP contribution >= 0.6 is 0 Å². The van der Waals surface area contributed by atoms with Crippen molar-refractivity contribution in [2.45, 2.75) is 56.5 Å². The zero-order valence-corrected chi connectivity index (χ0v) is 14.3. The third-order valence-electron chi connectivity index (χ3n) is 5.29. The van der Waals surface area contributed by atoms with Crippen molar-refractivity contribution in [1.82, 2.24) is 0 Å². The molecule has 1 saturated heterocycles. The molecule has 1 aliphatic heterocycles. The van der Waals surface area contributed by atoms with E-state index in [1.807, 2.05) is 18.2 Å². The zero-order chi connectivity index (χ0) is 17.0. The van der Waals surface area contributed by atoms with E-state index in [-0.39, 0.29) is 6.10 Å². The average Bonchev–Trinajstić information content (AvgIpc) is 2.63. The van der Waals surface area contributed by atoms with E-state index in [9.17, 15) is 9.90 Å². The van der Waals surface area contributed by atoms with Gasteiger partial charge in [-0.3, -0.25) is 4.79 Å². The first-order valence-corrected chi connectivity index (χ1v) is 8.82. The highest BCUT2D eigenvalue weighted by molar-refractivity contribution is 5.82. The van der Waals surface area contributed by atoms with Crippen molar-refractivity contribution >= 4 is 5.97 Å². The highest BCUT2D eigenvalue weighted by Gasteiger charge is 2.41. The fraction of sp³-hybridized carbons (Fsp3) is 0.632. The monoisotopic (exact) mass is 334 g/mol. The fourth-order valence-electron chi connectivity index (χ4n) is 3.82. The maximum atomic E-state index is 12.0. The molecule has 1 aromatic carbocycles. The molecular formula is C19H26O5. The van der Waals surface area contributed by atoms with Crippen molar-refractivity contribution in [2.75, 3.05) is 20.3 Å². The van der Waals surface area contributed by atoms with Gasteiger partial charge < -0.3 is 19.3 Å². The van der Waals surface area contributed by atoms with Gasteiger partial charge in [-0.15, -0.1) is 0 Å². The third kappa shape index (κ3) is 3.36. The number of benzene rings is 1. The number of hydrogen-bond donors (Lipinski definition) is 1. The molecule has 1 saturated carbocycles. The number of hydrogen-bond acceptors (Lipinski definition) is 4. The summed E-state index contributed by atoms with van der Waals surface area (Å²) in [6, 6.07) is 5.62. The van der Waals surface area contributed by atoms with E-state index in [1.165, 1.54) is 0 Å². The van der Waals surface area contributed by atoms with E-state index >= 15 is 0 Å². The van der Waals surface area contributed by atoms with E-state index in [0.29, 0.717) is 37.6 Å². The number of carboxylic acids is 1. The first-order valence-electron chi connectivity index (χ1n) is 8.82. The standard InChI is InChI=1S/C19H26O5/c1-22-17-13-14(19(18(20)21)9-3-2-4-10-19)5-6-16(17)24-15-7-11-23-12-8-15/h5-6,13,15H,2-4,7-12H2,1H3,(H,20,21). The Kier molecular flexibility index (Phi) is 5.29. The van der Waals surface area contributed by atoms with E-state index in [0.717, 1.165) is 37.7 Å². The van der Waals surface area contributed by atoms with Crippen LogP contribution in [0.15, 0.2) is 18.2 Å². The minimum absolute atomic E-state index is 0.126. The second-order valence-corrected chi connectivity index (χ2v) is 6.74. The lowest BCUT2D eigenvalue weighted by Crippen LogP contribution is -2.37. The first-order chi connectivity index (χ1) is 11.7. The molecule has 1 aromatic rings. The lowest BCUT2D eigenvalue weighted by Gasteiger charge is -2.34. The van der Waals surface area contributed by atoms with Gasteiger partial charge in [-0.2, -0.15) is 0 Å². The van der Waals surface area contributed by atoms with Crippen molar-refractivity contribution < 1.29 is 24.1 Å². The molecule has 5 heteroatoms. The molecule has 0 unspecified atom stereocenters. The predicted molar refractivity (Wildman–Crippen MR) is 89.9 cm³/mol. The van der Waals surface area contributed by atoms with Crippen molar-refractivity contribution in [1.29, 1.82) is 0 Å². The summed E-state index contributed by atoms with van der Waals surface area (Å²) in [4.78, 5) is 12.0. The summed E-state index contributed by atoms with van der Waals surface area (Å²) in [5.74, 6) is 0.567. The van der Waals surface area contributed by atoms with Crippen LogP contribution in [0.4, 0.5) is 0 Å². The number of carboxylic acid groups (broad SMARTS) is 1. The van der Waals surface area contributed by atoms with Crippen molar-refractivity contribution in [3.63, 3.8) is 0 Å². The minimum Gasteiger partial charge on any atom is -0.493 e. The van der Waals surface area contributed by atoms with Crippen LogP contribution in [0.1, 0.15) is 50.5 Å². The van der Waals surface area contributed by atoms with Gasteiger partial charge in [0, 0.05) is 12.8 Å². The predicted octanol–water partition coefficient (Wildman–Crippen LogP) is 3.54. The zero-order valence-electron chi connectivity index (χ0n) is 14.3. The van der Waals surface area contributed by atoms with Gasteiger partial charge in [-0.1, -0.05) is 25.3 Å². The van der Waals surface area contributed by atoms with Gasteiger partial charge in [0.25, 0.3) is 0 Å². The van der Waals surface area contributed by atoms with Gasteiger partial charge >= 0.3 is 5.97 Å². The molecule has 0 atom stereocenters. The molecule has 0 bridgehead atoms. The van der Waals surface area contributed by atoms with Crippen LogP contribution in [0, 0.1) is 0 Å². The summed E-state index contributed by atoms with van der Waals surface area (Å²) in [5, 5.41) is 9.85. The van der Waals surface area contributed by atoms with E-state index in [4.69, 9.17) is 14.2 Å². The quantitative estimate of drug-likeness (QED) is 0.892. The summed E-state index contributed by atoms with van der Waals surface area (Å²) < 4.78 is 16.9. The Hall–Kier alpha value is -1.75. The highest BCUT2D eigenvalue weighted by Crippen LogP contribution is 2.43. The Bertz CT molecular complexity index is 571. The smallest absolute Gasteiger partial charge is 0.314 e. The summed E-state index contributed by atoms with van der Waals surface area (Å²) in [5.41, 5.74) is 0.0359. The van der Waals surface area contributed by atoms with Crippen LogP contribution in [-0.2, 0) is 14.9 Å². The van der Waals surface area contributed by atoms with Crippen LogP contribution in [0.5, 0.6) is 11.5 Å². The average molecular weight is 334 g/mol. The number of ether oxygens (including phenoxy) is 3. The molecule has 132 valence electrons. The van der Waals surface area contributed by atoms with E-state index < -0.39 is 11.4 Å². The molecule has 1 heterocycles. The van der Waals surface area contributed by atoms with Crippen LogP contribution in [0.3, 0.4) is 0 Å². The minimum atomic E-state index is -0.789. The molecule has 0 aromatic heterocycles. The first kappa shape index (κ1) is 17.1.